The molecule has 0 saturated heterocycles. The van der Waals surface area contributed by atoms with Crippen molar-refractivity contribution in [2.75, 3.05) is 7.11 Å². The summed E-state index contributed by atoms with van der Waals surface area (Å²) in [5.41, 5.74) is 2.19. The molecule has 4 heteroatoms. The van der Waals surface area contributed by atoms with E-state index in [0.29, 0.717) is 6.54 Å². The number of hydrogen-bond acceptors (Lipinski definition) is 4. The van der Waals surface area contributed by atoms with Crippen LogP contribution in [0.15, 0.2) is 18.3 Å². The average Bonchev–Trinajstić information content (AvgIpc) is 2.35. The summed E-state index contributed by atoms with van der Waals surface area (Å²) in [5.74, 6) is -0.256. The molecule has 1 aromatic rings. The van der Waals surface area contributed by atoms with Crippen molar-refractivity contribution in [1.82, 2.24) is 10.3 Å². The Morgan fingerprint density at radius 3 is 3.00 bits per heavy atom. The van der Waals surface area contributed by atoms with Crippen LogP contribution in [-0.4, -0.2) is 24.1 Å². The van der Waals surface area contributed by atoms with Gasteiger partial charge in [-0.1, -0.05) is 13.0 Å². The number of aryl methyl sites for hydroxylation is 1. The van der Waals surface area contributed by atoms with E-state index in [-0.39, 0.29) is 12.0 Å². The number of pyridine rings is 1. The second-order valence-corrected chi connectivity index (χ2v) is 3.59. The van der Waals surface area contributed by atoms with E-state index in [4.69, 9.17) is 0 Å². The predicted octanol–water partition coefficient (Wildman–Crippen LogP) is 1.30. The molecule has 0 aromatic carbocycles. The van der Waals surface area contributed by atoms with Crippen molar-refractivity contribution in [2.24, 2.45) is 0 Å². The van der Waals surface area contributed by atoms with Crippen LogP contribution in [0, 0.1) is 0 Å². The molecule has 1 aromatic heterocycles. The van der Waals surface area contributed by atoms with E-state index >= 15 is 0 Å². The highest BCUT2D eigenvalue weighted by atomic mass is 16.5. The molecule has 1 atom stereocenters. The minimum Gasteiger partial charge on any atom is -0.468 e. The van der Waals surface area contributed by atoms with Crippen molar-refractivity contribution in [2.45, 2.75) is 32.9 Å². The minimum atomic E-state index is -0.309. The summed E-state index contributed by atoms with van der Waals surface area (Å²) in [7, 11) is 1.39. The Morgan fingerprint density at radius 2 is 2.38 bits per heavy atom. The quantitative estimate of drug-likeness (QED) is 0.763. The molecule has 0 aliphatic carbocycles. The maximum atomic E-state index is 11.2. The number of carbonyl (C=O) groups excluding carboxylic acids is 1. The lowest BCUT2D eigenvalue weighted by molar-refractivity contribution is -0.142. The summed E-state index contributed by atoms with van der Waals surface area (Å²) in [6, 6.07) is 3.66. The van der Waals surface area contributed by atoms with Crippen LogP contribution in [0.25, 0.3) is 0 Å². The van der Waals surface area contributed by atoms with Crippen molar-refractivity contribution in [1.29, 1.82) is 0 Å². The molecule has 1 heterocycles. The molecule has 0 aliphatic rings. The zero-order chi connectivity index (χ0) is 12.0. The van der Waals surface area contributed by atoms with Gasteiger partial charge in [0.2, 0.25) is 0 Å². The first kappa shape index (κ1) is 12.6. The molecular formula is C12H18N2O2. The van der Waals surface area contributed by atoms with Crippen molar-refractivity contribution in [3.05, 3.63) is 29.6 Å². The lowest BCUT2D eigenvalue weighted by atomic mass is 10.1. The smallest absolute Gasteiger partial charge is 0.322 e. The van der Waals surface area contributed by atoms with Gasteiger partial charge in [0.15, 0.2) is 0 Å². The number of ether oxygens (including phenoxy) is 1. The number of aromatic nitrogens is 1. The second kappa shape index (κ2) is 6.23. The molecule has 0 aliphatic heterocycles. The van der Waals surface area contributed by atoms with E-state index in [1.165, 1.54) is 12.7 Å². The fourth-order valence-corrected chi connectivity index (χ4v) is 1.46. The fraction of sp³-hybridized carbons (Fsp3) is 0.500. The van der Waals surface area contributed by atoms with Gasteiger partial charge in [-0.05, 0) is 25.0 Å². The lowest BCUT2D eigenvalue weighted by Crippen LogP contribution is -2.34. The second-order valence-electron chi connectivity index (χ2n) is 3.59. The standard InChI is InChI=1S/C12H18N2O2/c1-4-10-6-5-7-13-11(10)8-14-9(2)12(15)16-3/h5-7,9,14H,4,8H2,1-3H3. The Hall–Kier alpha value is -1.42. The summed E-state index contributed by atoms with van der Waals surface area (Å²) in [5, 5.41) is 3.09. The van der Waals surface area contributed by atoms with Gasteiger partial charge >= 0.3 is 5.97 Å². The molecule has 16 heavy (non-hydrogen) atoms. The van der Waals surface area contributed by atoms with Crippen LogP contribution in [0.3, 0.4) is 0 Å². The first-order valence-electron chi connectivity index (χ1n) is 5.43. The molecule has 0 spiro atoms. The highest BCUT2D eigenvalue weighted by Crippen LogP contribution is 2.05. The molecule has 4 nitrogen and oxygen atoms in total. The summed E-state index contributed by atoms with van der Waals surface area (Å²) in [4.78, 5) is 15.5. The molecule has 1 unspecified atom stereocenters. The van der Waals surface area contributed by atoms with Crippen molar-refractivity contribution >= 4 is 5.97 Å². The number of carbonyl (C=O) groups is 1. The van der Waals surface area contributed by atoms with Crippen LogP contribution in [0.2, 0.25) is 0 Å². The van der Waals surface area contributed by atoms with Crippen LogP contribution in [0.1, 0.15) is 25.1 Å². The number of hydrogen-bond donors (Lipinski definition) is 1. The molecular weight excluding hydrogens is 204 g/mol. The Bertz CT molecular complexity index is 353. The van der Waals surface area contributed by atoms with Crippen LogP contribution in [-0.2, 0) is 22.5 Å². The van der Waals surface area contributed by atoms with Gasteiger partial charge in [-0.25, -0.2) is 0 Å². The molecule has 0 bridgehead atoms. The number of methoxy groups -OCH3 is 1. The highest BCUT2D eigenvalue weighted by Gasteiger charge is 2.12. The average molecular weight is 222 g/mol. The molecule has 1 N–H and O–H groups in total. The summed E-state index contributed by atoms with van der Waals surface area (Å²) >= 11 is 0. The monoisotopic (exact) mass is 222 g/mol. The van der Waals surface area contributed by atoms with E-state index in [1.54, 1.807) is 13.1 Å². The largest absolute Gasteiger partial charge is 0.468 e. The Kier molecular flexibility index (Phi) is 4.92. The number of rotatable bonds is 5. The number of nitrogens with one attached hydrogen (secondary N) is 1. The minimum absolute atomic E-state index is 0.256. The Morgan fingerprint density at radius 1 is 1.62 bits per heavy atom. The van der Waals surface area contributed by atoms with E-state index in [0.717, 1.165) is 12.1 Å². The molecule has 0 saturated carbocycles. The van der Waals surface area contributed by atoms with Gasteiger partial charge < -0.3 is 4.74 Å². The van der Waals surface area contributed by atoms with Crippen molar-refractivity contribution in [3.8, 4) is 0 Å². The summed E-state index contributed by atoms with van der Waals surface area (Å²) in [6.07, 6.45) is 2.70. The summed E-state index contributed by atoms with van der Waals surface area (Å²) < 4.78 is 4.64. The van der Waals surface area contributed by atoms with Crippen LogP contribution in [0.5, 0.6) is 0 Å². The normalized spacial score (nSPS) is 12.2. The van der Waals surface area contributed by atoms with Crippen molar-refractivity contribution < 1.29 is 9.53 Å². The third-order valence-corrected chi connectivity index (χ3v) is 2.50. The van der Waals surface area contributed by atoms with Crippen LogP contribution in [0.4, 0.5) is 0 Å². The Balaban J connectivity index is 2.57. The molecule has 1 rings (SSSR count). The number of esters is 1. The first-order chi connectivity index (χ1) is 7.69. The van der Waals surface area contributed by atoms with Gasteiger partial charge in [0.25, 0.3) is 0 Å². The maximum Gasteiger partial charge on any atom is 0.322 e. The fourth-order valence-electron chi connectivity index (χ4n) is 1.46. The third-order valence-electron chi connectivity index (χ3n) is 2.50. The molecule has 0 fully saturated rings. The molecule has 0 radical (unpaired) electrons. The van der Waals surface area contributed by atoms with Crippen molar-refractivity contribution in [3.63, 3.8) is 0 Å². The van der Waals surface area contributed by atoms with E-state index in [1.807, 2.05) is 12.1 Å². The van der Waals surface area contributed by atoms with Gasteiger partial charge in [0, 0.05) is 12.7 Å². The van der Waals surface area contributed by atoms with E-state index in [9.17, 15) is 4.79 Å². The van der Waals surface area contributed by atoms with E-state index in [2.05, 4.69) is 22.0 Å². The SMILES string of the molecule is CCc1cccnc1CNC(C)C(=O)OC. The van der Waals surface area contributed by atoms with Gasteiger partial charge in [-0.3, -0.25) is 15.1 Å². The first-order valence-corrected chi connectivity index (χ1v) is 5.43. The zero-order valence-electron chi connectivity index (χ0n) is 9.99. The van der Waals surface area contributed by atoms with Gasteiger partial charge in [0.05, 0.1) is 12.8 Å². The van der Waals surface area contributed by atoms with Gasteiger partial charge in [0.1, 0.15) is 6.04 Å². The molecule has 88 valence electrons. The maximum absolute atomic E-state index is 11.2. The van der Waals surface area contributed by atoms with Crippen LogP contribution >= 0.6 is 0 Å². The summed E-state index contributed by atoms with van der Waals surface area (Å²) in [6.45, 7) is 4.45. The lowest BCUT2D eigenvalue weighted by Gasteiger charge is -2.12. The Labute approximate surface area is 96.0 Å². The highest BCUT2D eigenvalue weighted by molar-refractivity contribution is 5.75. The van der Waals surface area contributed by atoms with Crippen LogP contribution < -0.4 is 5.32 Å². The number of nitrogens with zero attached hydrogens (tertiary/aromatic N) is 1. The van der Waals surface area contributed by atoms with E-state index < -0.39 is 0 Å². The third kappa shape index (κ3) is 3.31. The molecule has 0 amide bonds. The van der Waals surface area contributed by atoms with Gasteiger partial charge in [-0.15, -0.1) is 0 Å². The zero-order valence-corrected chi connectivity index (χ0v) is 9.99. The topological polar surface area (TPSA) is 51.2 Å². The van der Waals surface area contributed by atoms with Gasteiger partial charge in [-0.2, -0.15) is 0 Å². The predicted molar refractivity (Wildman–Crippen MR) is 61.9 cm³/mol.